The molecule has 8 heteroatoms. The highest BCUT2D eigenvalue weighted by Crippen LogP contribution is 2.17. The average Bonchev–Trinajstić information content (AvgIpc) is 2.56. The summed E-state index contributed by atoms with van der Waals surface area (Å²) in [6.45, 7) is 1.33. The molecule has 0 heterocycles. The Kier molecular flexibility index (Phi) is 7.72. The molecule has 1 atom stereocenters. The Balaban J connectivity index is 1.60. The lowest BCUT2D eigenvalue weighted by Crippen LogP contribution is -2.45. The largest absolute Gasteiger partial charge is 0.484 e. The fraction of sp³-hybridized carbons (Fsp3) is 0.412. The van der Waals surface area contributed by atoms with Gasteiger partial charge in [0.1, 0.15) is 5.75 Å². The van der Waals surface area contributed by atoms with Crippen molar-refractivity contribution >= 4 is 23.4 Å². The zero-order valence-electron chi connectivity index (χ0n) is 14.0. The van der Waals surface area contributed by atoms with Crippen molar-refractivity contribution in [3.8, 4) is 5.75 Å². The normalized spacial score (nSPS) is 15.8. The van der Waals surface area contributed by atoms with E-state index < -0.39 is 0 Å². The van der Waals surface area contributed by atoms with Crippen LogP contribution in [0.3, 0.4) is 0 Å². The maximum atomic E-state index is 11.8. The summed E-state index contributed by atoms with van der Waals surface area (Å²) in [4.78, 5) is 23.5. The van der Waals surface area contributed by atoms with Gasteiger partial charge in [-0.15, -0.1) is 0 Å². The molecule has 1 aromatic carbocycles. The summed E-state index contributed by atoms with van der Waals surface area (Å²) in [6.07, 6.45) is 2.41. The highest BCUT2D eigenvalue weighted by molar-refractivity contribution is 6.30. The first kappa shape index (κ1) is 19.2. The van der Waals surface area contributed by atoms with Gasteiger partial charge in [0.05, 0.1) is 19.2 Å². The van der Waals surface area contributed by atoms with Crippen LogP contribution in [0, 0.1) is 0 Å². The third-order valence-electron chi connectivity index (χ3n) is 3.44. The summed E-state index contributed by atoms with van der Waals surface area (Å²) in [6, 6.07) is 6.71. The minimum Gasteiger partial charge on any atom is -0.484 e. The van der Waals surface area contributed by atoms with Crippen LogP contribution >= 0.6 is 11.6 Å². The lowest BCUT2D eigenvalue weighted by molar-refractivity contribution is -0.123. The molecule has 7 nitrogen and oxygen atoms in total. The van der Waals surface area contributed by atoms with Crippen LogP contribution in [-0.4, -0.2) is 51.3 Å². The van der Waals surface area contributed by atoms with Crippen LogP contribution < -0.4 is 20.7 Å². The van der Waals surface area contributed by atoms with E-state index in [1.807, 2.05) is 6.08 Å². The second-order valence-corrected chi connectivity index (χ2v) is 5.97. The Morgan fingerprint density at radius 2 is 1.96 bits per heavy atom. The molecule has 0 saturated heterocycles. The van der Waals surface area contributed by atoms with E-state index in [0.717, 1.165) is 5.70 Å². The Labute approximate surface area is 151 Å². The number of hydrogen-bond acceptors (Lipinski definition) is 5. The quantitative estimate of drug-likeness (QED) is 0.533. The molecule has 0 aliphatic heterocycles. The topological polar surface area (TPSA) is 88.7 Å². The first-order valence-electron chi connectivity index (χ1n) is 7.95. The molecule has 1 aliphatic rings. The van der Waals surface area contributed by atoms with E-state index in [9.17, 15) is 9.59 Å². The molecule has 0 aromatic heterocycles. The van der Waals surface area contributed by atoms with E-state index >= 15 is 0 Å². The number of carbonyl (C=O) groups is 2. The first-order valence-corrected chi connectivity index (χ1v) is 8.32. The maximum Gasteiger partial charge on any atom is 0.258 e. The molecule has 25 heavy (non-hydrogen) atoms. The van der Waals surface area contributed by atoms with Crippen LogP contribution in [0.15, 0.2) is 36.0 Å². The van der Waals surface area contributed by atoms with Gasteiger partial charge in [0.25, 0.3) is 5.91 Å². The molecule has 2 amide bonds. The van der Waals surface area contributed by atoms with Crippen molar-refractivity contribution in [1.82, 2.24) is 16.0 Å². The first-order chi connectivity index (χ1) is 12.1. The highest BCUT2D eigenvalue weighted by atomic mass is 35.5. The van der Waals surface area contributed by atoms with Crippen LogP contribution in [0.1, 0.15) is 6.42 Å². The standard InChI is InChI=1S/C17H22ClN3O4/c1-24-7-6-19-10-16(22)20-13-8-14(9-13)21-17(23)11-25-15-4-2-12(18)3-5-15/h2-5,8,14,19H,6-7,9-11H2,1H3,(H,20,22)(H,21,23). The van der Waals surface area contributed by atoms with Gasteiger partial charge in [-0.2, -0.15) is 0 Å². The fourth-order valence-electron chi connectivity index (χ4n) is 2.16. The Hall–Kier alpha value is -2.09. The molecular weight excluding hydrogens is 346 g/mol. The number of methoxy groups -OCH3 is 1. The highest BCUT2D eigenvalue weighted by Gasteiger charge is 2.22. The summed E-state index contributed by atoms with van der Waals surface area (Å²) in [5.74, 6) is 0.249. The van der Waals surface area contributed by atoms with Crippen LogP contribution in [0.5, 0.6) is 5.75 Å². The van der Waals surface area contributed by atoms with Gasteiger partial charge in [-0.05, 0) is 30.3 Å². The van der Waals surface area contributed by atoms with Gasteiger partial charge in [-0.1, -0.05) is 11.6 Å². The van der Waals surface area contributed by atoms with E-state index in [2.05, 4.69) is 16.0 Å². The van der Waals surface area contributed by atoms with Crippen molar-refractivity contribution < 1.29 is 19.1 Å². The van der Waals surface area contributed by atoms with Crippen molar-refractivity contribution in [2.75, 3.05) is 33.4 Å². The third-order valence-corrected chi connectivity index (χ3v) is 3.69. The van der Waals surface area contributed by atoms with Crippen molar-refractivity contribution in [2.45, 2.75) is 12.5 Å². The van der Waals surface area contributed by atoms with Crippen LogP contribution in [-0.2, 0) is 14.3 Å². The third kappa shape index (κ3) is 7.13. The van der Waals surface area contributed by atoms with Crippen molar-refractivity contribution in [3.63, 3.8) is 0 Å². The molecule has 1 aromatic rings. The van der Waals surface area contributed by atoms with E-state index in [4.69, 9.17) is 21.1 Å². The van der Waals surface area contributed by atoms with E-state index in [1.165, 1.54) is 0 Å². The summed E-state index contributed by atoms with van der Waals surface area (Å²) < 4.78 is 10.2. The molecule has 1 aliphatic carbocycles. The van der Waals surface area contributed by atoms with E-state index in [0.29, 0.717) is 30.3 Å². The molecule has 0 fully saturated rings. The molecule has 3 N–H and O–H groups in total. The molecule has 0 radical (unpaired) electrons. The van der Waals surface area contributed by atoms with E-state index in [1.54, 1.807) is 31.4 Å². The molecule has 0 saturated carbocycles. The summed E-state index contributed by atoms with van der Waals surface area (Å²) >= 11 is 5.78. The van der Waals surface area contributed by atoms with Gasteiger partial charge in [0.2, 0.25) is 5.91 Å². The van der Waals surface area contributed by atoms with Gasteiger partial charge in [0, 0.05) is 30.8 Å². The molecule has 1 unspecified atom stereocenters. The van der Waals surface area contributed by atoms with Crippen LogP contribution in [0.2, 0.25) is 5.02 Å². The lowest BCUT2D eigenvalue weighted by Gasteiger charge is -2.26. The SMILES string of the molecule is COCCNCC(=O)NC1=CC(NC(=O)COc2ccc(Cl)cc2)C1. The van der Waals surface area contributed by atoms with Gasteiger partial charge < -0.3 is 25.4 Å². The monoisotopic (exact) mass is 367 g/mol. The number of nitrogens with one attached hydrogen (secondary N) is 3. The summed E-state index contributed by atoms with van der Waals surface area (Å²) in [5.41, 5.74) is 0.808. The number of amides is 2. The molecule has 0 bridgehead atoms. The zero-order chi connectivity index (χ0) is 18.1. The Bertz CT molecular complexity index is 619. The van der Waals surface area contributed by atoms with Gasteiger partial charge >= 0.3 is 0 Å². The number of rotatable bonds is 10. The van der Waals surface area contributed by atoms with Crippen molar-refractivity contribution in [1.29, 1.82) is 0 Å². The fourth-order valence-corrected chi connectivity index (χ4v) is 2.29. The summed E-state index contributed by atoms with van der Waals surface area (Å²) in [5, 5.41) is 9.17. The Morgan fingerprint density at radius 1 is 1.24 bits per heavy atom. The average molecular weight is 368 g/mol. The predicted molar refractivity (Wildman–Crippen MR) is 94.5 cm³/mol. The lowest BCUT2D eigenvalue weighted by atomic mass is 9.99. The Morgan fingerprint density at radius 3 is 2.64 bits per heavy atom. The number of ether oxygens (including phenoxy) is 2. The number of hydrogen-bond donors (Lipinski definition) is 3. The predicted octanol–water partition coefficient (Wildman–Crippen LogP) is 0.843. The smallest absolute Gasteiger partial charge is 0.258 e. The molecular formula is C17H22ClN3O4. The van der Waals surface area contributed by atoms with Gasteiger partial charge in [-0.25, -0.2) is 0 Å². The zero-order valence-corrected chi connectivity index (χ0v) is 14.8. The van der Waals surface area contributed by atoms with Crippen LogP contribution in [0.25, 0.3) is 0 Å². The second kappa shape index (κ2) is 10.0. The van der Waals surface area contributed by atoms with Gasteiger partial charge in [0.15, 0.2) is 6.61 Å². The van der Waals surface area contributed by atoms with Crippen molar-refractivity contribution in [2.24, 2.45) is 0 Å². The second-order valence-electron chi connectivity index (χ2n) is 5.53. The number of halogens is 1. The van der Waals surface area contributed by atoms with Gasteiger partial charge in [-0.3, -0.25) is 9.59 Å². The minimum atomic E-state index is -0.220. The molecule has 2 rings (SSSR count). The van der Waals surface area contributed by atoms with Crippen LogP contribution in [0.4, 0.5) is 0 Å². The minimum absolute atomic E-state index is 0.0723. The van der Waals surface area contributed by atoms with E-state index in [-0.39, 0.29) is 31.0 Å². The summed E-state index contributed by atoms with van der Waals surface area (Å²) in [7, 11) is 1.61. The maximum absolute atomic E-state index is 11.8. The van der Waals surface area contributed by atoms with Crippen molar-refractivity contribution in [3.05, 3.63) is 41.1 Å². The number of carbonyl (C=O) groups excluding carboxylic acids is 2. The molecule has 136 valence electrons. The molecule has 0 spiro atoms. The number of benzene rings is 1.